The number of methoxy groups -OCH3 is 1. The second kappa shape index (κ2) is 5.82. The van der Waals surface area contributed by atoms with E-state index in [-0.39, 0.29) is 11.0 Å². The Morgan fingerprint density at radius 3 is 2.53 bits per heavy atom. The van der Waals surface area contributed by atoms with Crippen LogP contribution in [-0.2, 0) is 15.6 Å². The van der Waals surface area contributed by atoms with E-state index in [1.165, 1.54) is 0 Å². The fraction of sp³-hybridized carbons (Fsp3) is 0.571. The van der Waals surface area contributed by atoms with Crippen LogP contribution in [0.3, 0.4) is 0 Å². The van der Waals surface area contributed by atoms with Crippen molar-refractivity contribution in [2.45, 2.75) is 43.1 Å². The Hall–Kier alpha value is -1.23. The fourth-order valence-corrected chi connectivity index (χ4v) is 4.58. The number of hydrogen-bond acceptors (Lipinski definition) is 4. The Bertz CT molecular complexity index is 534. The highest BCUT2D eigenvalue weighted by molar-refractivity contribution is 7.91. The van der Waals surface area contributed by atoms with Crippen molar-refractivity contribution < 1.29 is 13.2 Å². The molecule has 2 rings (SSSR count). The summed E-state index contributed by atoms with van der Waals surface area (Å²) in [5, 5.41) is -0.186. The molecule has 2 N–H and O–H groups in total. The Balaban J connectivity index is 2.17. The Morgan fingerprint density at radius 1 is 1.21 bits per heavy atom. The first-order chi connectivity index (χ1) is 9.01. The normalized spacial score (nSPS) is 17.3. The van der Waals surface area contributed by atoms with Gasteiger partial charge in [0.1, 0.15) is 5.75 Å². The van der Waals surface area contributed by atoms with Crippen LogP contribution < -0.4 is 10.5 Å². The van der Waals surface area contributed by atoms with Gasteiger partial charge in [-0.2, -0.15) is 0 Å². The first-order valence-corrected chi connectivity index (χ1v) is 8.38. The molecule has 1 aliphatic carbocycles. The van der Waals surface area contributed by atoms with Gasteiger partial charge in [-0.05, 0) is 30.5 Å². The molecule has 1 aromatic carbocycles. The second-order valence-electron chi connectivity index (χ2n) is 5.18. The third kappa shape index (κ3) is 3.62. The van der Waals surface area contributed by atoms with Crippen LogP contribution in [0.15, 0.2) is 18.2 Å². The van der Waals surface area contributed by atoms with Crippen LogP contribution >= 0.6 is 0 Å². The number of ether oxygens (including phenoxy) is 1. The zero-order valence-corrected chi connectivity index (χ0v) is 12.1. The molecule has 0 atom stereocenters. The first kappa shape index (κ1) is 14.2. The van der Waals surface area contributed by atoms with E-state index in [4.69, 9.17) is 10.5 Å². The van der Waals surface area contributed by atoms with Gasteiger partial charge < -0.3 is 10.5 Å². The van der Waals surface area contributed by atoms with Gasteiger partial charge in [-0.3, -0.25) is 0 Å². The topological polar surface area (TPSA) is 69.4 Å². The van der Waals surface area contributed by atoms with Gasteiger partial charge in [0.05, 0.1) is 18.1 Å². The lowest BCUT2D eigenvalue weighted by atomic mass is 10.0. The van der Waals surface area contributed by atoms with Crippen LogP contribution in [-0.4, -0.2) is 20.8 Å². The summed E-state index contributed by atoms with van der Waals surface area (Å²) in [7, 11) is -1.54. The van der Waals surface area contributed by atoms with Gasteiger partial charge in [0.25, 0.3) is 0 Å². The van der Waals surface area contributed by atoms with Gasteiger partial charge in [-0.15, -0.1) is 0 Å². The van der Waals surface area contributed by atoms with Crippen molar-refractivity contribution in [1.29, 1.82) is 0 Å². The molecule has 0 aromatic heterocycles. The van der Waals surface area contributed by atoms with E-state index in [1.807, 2.05) is 0 Å². The summed E-state index contributed by atoms with van der Waals surface area (Å²) in [4.78, 5) is 0. The third-order valence-corrected chi connectivity index (χ3v) is 5.88. The number of nitrogen functional groups attached to an aromatic ring is 1. The van der Waals surface area contributed by atoms with Gasteiger partial charge in [0, 0.05) is 11.8 Å². The summed E-state index contributed by atoms with van der Waals surface area (Å²) in [6.45, 7) is 0. The summed E-state index contributed by atoms with van der Waals surface area (Å²) < 4.78 is 29.9. The molecule has 4 nitrogen and oxygen atoms in total. The smallest absolute Gasteiger partial charge is 0.157 e. The summed E-state index contributed by atoms with van der Waals surface area (Å²) in [5.74, 6) is 0.660. The second-order valence-corrected chi connectivity index (χ2v) is 7.46. The Labute approximate surface area is 114 Å². The molecular weight excluding hydrogens is 262 g/mol. The van der Waals surface area contributed by atoms with E-state index in [9.17, 15) is 8.42 Å². The Morgan fingerprint density at radius 2 is 1.89 bits per heavy atom. The molecule has 0 heterocycles. The maximum atomic E-state index is 12.4. The first-order valence-electron chi connectivity index (χ1n) is 6.66. The van der Waals surface area contributed by atoms with Crippen molar-refractivity contribution in [2.75, 3.05) is 12.8 Å². The monoisotopic (exact) mass is 283 g/mol. The van der Waals surface area contributed by atoms with Crippen LogP contribution in [0.1, 0.15) is 37.7 Å². The van der Waals surface area contributed by atoms with Gasteiger partial charge in [-0.25, -0.2) is 8.42 Å². The zero-order chi connectivity index (χ0) is 13.9. The van der Waals surface area contributed by atoms with E-state index in [2.05, 4.69) is 0 Å². The summed E-state index contributed by atoms with van der Waals surface area (Å²) in [6.07, 6.45) is 4.77. The number of hydrogen-bond donors (Lipinski definition) is 1. The molecule has 1 fully saturated rings. The molecule has 0 saturated heterocycles. The molecule has 0 spiro atoms. The van der Waals surface area contributed by atoms with E-state index in [0.717, 1.165) is 32.1 Å². The highest BCUT2D eigenvalue weighted by Crippen LogP contribution is 2.27. The predicted molar refractivity (Wildman–Crippen MR) is 76.9 cm³/mol. The molecule has 1 saturated carbocycles. The van der Waals surface area contributed by atoms with Crippen LogP contribution in [0.4, 0.5) is 5.69 Å². The SMILES string of the molecule is COc1cc(N)cc(CS(=O)(=O)C2CCCCC2)c1. The van der Waals surface area contributed by atoms with Crippen molar-refractivity contribution in [1.82, 2.24) is 0 Å². The maximum absolute atomic E-state index is 12.4. The van der Waals surface area contributed by atoms with E-state index in [0.29, 0.717) is 17.0 Å². The maximum Gasteiger partial charge on any atom is 0.157 e. The van der Waals surface area contributed by atoms with Gasteiger partial charge >= 0.3 is 0 Å². The number of benzene rings is 1. The predicted octanol–water partition coefficient (Wildman–Crippen LogP) is 2.52. The summed E-state index contributed by atoms with van der Waals surface area (Å²) in [5.41, 5.74) is 7.00. The van der Waals surface area contributed by atoms with Crippen LogP contribution in [0.25, 0.3) is 0 Å². The molecular formula is C14H21NO3S. The molecule has 5 heteroatoms. The number of anilines is 1. The average molecular weight is 283 g/mol. The minimum absolute atomic E-state index is 0.0546. The number of sulfone groups is 1. The highest BCUT2D eigenvalue weighted by Gasteiger charge is 2.27. The number of nitrogens with two attached hydrogens (primary N) is 1. The quantitative estimate of drug-likeness (QED) is 0.862. The lowest BCUT2D eigenvalue weighted by Crippen LogP contribution is -2.25. The van der Waals surface area contributed by atoms with Gasteiger partial charge in [0.15, 0.2) is 9.84 Å². The van der Waals surface area contributed by atoms with Crippen molar-refractivity contribution in [2.24, 2.45) is 0 Å². The summed E-state index contributed by atoms with van der Waals surface area (Å²) in [6, 6.07) is 5.15. The lowest BCUT2D eigenvalue weighted by molar-refractivity contribution is 0.414. The fourth-order valence-electron chi connectivity index (χ4n) is 2.66. The lowest BCUT2D eigenvalue weighted by Gasteiger charge is -2.21. The molecule has 0 bridgehead atoms. The van der Waals surface area contributed by atoms with Gasteiger partial charge in [-0.1, -0.05) is 19.3 Å². The number of rotatable bonds is 4. The Kier molecular flexibility index (Phi) is 4.34. The van der Waals surface area contributed by atoms with Crippen molar-refractivity contribution in [3.05, 3.63) is 23.8 Å². The minimum atomic E-state index is -3.09. The molecule has 0 radical (unpaired) electrons. The van der Waals surface area contributed by atoms with E-state index in [1.54, 1.807) is 25.3 Å². The van der Waals surface area contributed by atoms with Crippen LogP contribution in [0, 0.1) is 0 Å². The largest absolute Gasteiger partial charge is 0.497 e. The van der Waals surface area contributed by atoms with Crippen LogP contribution in [0.2, 0.25) is 0 Å². The molecule has 1 aromatic rings. The molecule has 0 unspecified atom stereocenters. The van der Waals surface area contributed by atoms with Crippen LogP contribution in [0.5, 0.6) is 5.75 Å². The molecule has 19 heavy (non-hydrogen) atoms. The molecule has 0 amide bonds. The van der Waals surface area contributed by atoms with Crippen molar-refractivity contribution in [3.8, 4) is 5.75 Å². The van der Waals surface area contributed by atoms with Crippen molar-refractivity contribution >= 4 is 15.5 Å². The molecule has 106 valence electrons. The standard InChI is InChI=1S/C14H21NO3S/c1-18-13-8-11(7-12(15)9-13)10-19(16,17)14-5-3-2-4-6-14/h7-9,14H,2-6,10,15H2,1H3. The van der Waals surface area contributed by atoms with E-state index >= 15 is 0 Å². The summed E-state index contributed by atoms with van der Waals surface area (Å²) >= 11 is 0. The van der Waals surface area contributed by atoms with Crippen molar-refractivity contribution in [3.63, 3.8) is 0 Å². The van der Waals surface area contributed by atoms with Gasteiger partial charge in [0.2, 0.25) is 0 Å². The third-order valence-electron chi connectivity index (χ3n) is 3.65. The van der Waals surface area contributed by atoms with E-state index < -0.39 is 9.84 Å². The highest BCUT2D eigenvalue weighted by atomic mass is 32.2. The zero-order valence-electron chi connectivity index (χ0n) is 11.3. The minimum Gasteiger partial charge on any atom is -0.497 e. The average Bonchev–Trinajstić information content (AvgIpc) is 2.38. The molecule has 1 aliphatic rings. The molecule has 0 aliphatic heterocycles.